The Morgan fingerprint density at radius 2 is 1.83 bits per heavy atom. The maximum atomic E-state index is 10.1. The van der Waals surface area contributed by atoms with Crippen LogP contribution < -0.4 is 0 Å². The van der Waals surface area contributed by atoms with Gasteiger partial charge in [0.1, 0.15) is 0 Å². The average molecular weight is 274 g/mol. The maximum Gasteiger partial charge on any atom is 0.273 e. The first-order valence-electron chi connectivity index (χ1n) is 2.77. The number of rotatable bonds is 1. The summed E-state index contributed by atoms with van der Waals surface area (Å²) in [5.74, 6) is -0.852. The van der Waals surface area contributed by atoms with Crippen molar-refractivity contribution in [2.75, 3.05) is 0 Å². The summed E-state index contributed by atoms with van der Waals surface area (Å²) in [7, 11) is 0. The zero-order valence-electron chi connectivity index (χ0n) is 5.89. The van der Waals surface area contributed by atoms with Gasteiger partial charge in [-0.2, -0.15) is 0 Å². The summed E-state index contributed by atoms with van der Waals surface area (Å²) in [5.41, 5.74) is -0.250. The summed E-state index contributed by atoms with van der Waals surface area (Å²) < 4.78 is 0. The van der Waals surface area contributed by atoms with E-state index in [1.54, 1.807) is 0 Å². The van der Waals surface area contributed by atoms with Crippen molar-refractivity contribution >= 4 is 29.6 Å². The van der Waals surface area contributed by atoms with E-state index in [-0.39, 0.29) is 35.3 Å². The standard InChI is InChI=1S/C6H5NO4.Sn/c8-5-2-1-4(7(10)11)3-6(5)9;/h1-3,8-9H;. The summed E-state index contributed by atoms with van der Waals surface area (Å²) in [6, 6.07) is 3.05. The molecule has 0 aliphatic carbocycles. The second kappa shape index (κ2) is 4.15. The molecule has 0 aliphatic rings. The molecule has 1 rings (SSSR count). The summed E-state index contributed by atoms with van der Waals surface area (Å²) in [6.07, 6.45) is 0. The largest absolute Gasteiger partial charge is 0.504 e. The Hall–Kier alpha value is -0.981. The topological polar surface area (TPSA) is 83.6 Å². The number of hydrogen-bond donors (Lipinski definition) is 2. The number of benzene rings is 1. The van der Waals surface area contributed by atoms with Crippen LogP contribution in [0.3, 0.4) is 0 Å². The molecular formula is C6H5NO4Sn. The minimum Gasteiger partial charge on any atom is -0.504 e. The molecule has 0 saturated heterocycles. The summed E-state index contributed by atoms with van der Waals surface area (Å²) in [4.78, 5) is 9.42. The zero-order valence-corrected chi connectivity index (χ0v) is 8.74. The number of phenolic OH excluding ortho intramolecular Hbond substituents is 2. The predicted molar refractivity (Wildman–Crippen MR) is 42.2 cm³/mol. The quantitative estimate of drug-likeness (QED) is 0.340. The van der Waals surface area contributed by atoms with E-state index in [4.69, 9.17) is 10.2 Å². The number of hydrogen-bond acceptors (Lipinski definition) is 4. The van der Waals surface area contributed by atoms with Crippen molar-refractivity contribution in [1.82, 2.24) is 0 Å². The number of nitrogens with zero attached hydrogens (tertiary/aromatic N) is 1. The summed E-state index contributed by atoms with van der Waals surface area (Å²) in [6.45, 7) is 0. The first-order valence-corrected chi connectivity index (χ1v) is 2.77. The molecule has 0 fully saturated rings. The molecule has 6 heteroatoms. The van der Waals surface area contributed by atoms with Gasteiger partial charge in [-0.05, 0) is 6.07 Å². The Morgan fingerprint density at radius 3 is 2.25 bits per heavy atom. The van der Waals surface area contributed by atoms with Crippen LogP contribution >= 0.6 is 0 Å². The van der Waals surface area contributed by atoms with Crippen LogP contribution in [0.5, 0.6) is 11.5 Å². The van der Waals surface area contributed by atoms with E-state index >= 15 is 0 Å². The molecule has 62 valence electrons. The number of nitro benzene ring substituents is 1. The van der Waals surface area contributed by atoms with E-state index < -0.39 is 10.7 Å². The second-order valence-electron chi connectivity index (χ2n) is 1.93. The molecule has 0 aliphatic heterocycles. The number of phenols is 2. The molecular weight excluding hydrogens is 269 g/mol. The smallest absolute Gasteiger partial charge is 0.273 e. The Balaban J connectivity index is 0.00000121. The van der Waals surface area contributed by atoms with Crippen LogP contribution in [-0.2, 0) is 0 Å². The molecule has 12 heavy (non-hydrogen) atoms. The van der Waals surface area contributed by atoms with Crippen molar-refractivity contribution in [3.8, 4) is 11.5 Å². The number of nitro groups is 1. The fourth-order valence-electron chi connectivity index (χ4n) is 0.625. The van der Waals surface area contributed by atoms with Crippen LogP contribution in [-0.4, -0.2) is 39.0 Å². The van der Waals surface area contributed by atoms with Gasteiger partial charge in [0, 0.05) is 30.0 Å². The molecule has 1 aromatic carbocycles. The van der Waals surface area contributed by atoms with Gasteiger partial charge in [0.2, 0.25) is 0 Å². The Labute approximate surface area is 84.8 Å². The maximum absolute atomic E-state index is 10.1. The first kappa shape index (κ1) is 11.0. The molecule has 0 aromatic heterocycles. The van der Waals surface area contributed by atoms with Gasteiger partial charge in [-0.1, -0.05) is 0 Å². The van der Waals surface area contributed by atoms with Crippen molar-refractivity contribution in [1.29, 1.82) is 0 Å². The van der Waals surface area contributed by atoms with Crippen LogP contribution in [0.4, 0.5) is 5.69 Å². The van der Waals surface area contributed by atoms with E-state index in [9.17, 15) is 10.1 Å². The molecule has 0 unspecified atom stereocenters. The van der Waals surface area contributed by atoms with Crippen molar-refractivity contribution in [3.63, 3.8) is 0 Å². The van der Waals surface area contributed by atoms with Gasteiger partial charge in [-0.25, -0.2) is 0 Å². The van der Waals surface area contributed by atoms with Crippen molar-refractivity contribution in [2.45, 2.75) is 0 Å². The summed E-state index contributed by atoms with van der Waals surface area (Å²) in [5, 5.41) is 27.6. The minimum absolute atomic E-state index is 0. The van der Waals surface area contributed by atoms with E-state index in [0.29, 0.717) is 0 Å². The fourth-order valence-corrected chi connectivity index (χ4v) is 0.625. The Morgan fingerprint density at radius 1 is 1.25 bits per heavy atom. The molecule has 0 heterocycles. The van der Waals surface area contributed by atoms with Gasteiger partial charge in [-0.15, -0.1) is 0 Å². The molecule has 1 aromatic rings. The fraction of sp³-hybridized carbons (Fsp3) is 0. The normalized spacial score (nSPS) is 8.67. The Kier molecular flexibility index (Phi) is 3.81. The molecule has 4 radical (unpaired) electrons. The van der Waals surface area contributed by atoms with Gasteiger partial charge in [0.25, 0.3) is 5.69 Å². The molecule has 0 amide bonds. The monoisotopic (exact) mass is 275 g/mol. The van der Waals surface area contributed by atoms with Crippen LogP contribution in [0.1, 0.15) is 0 Å². The first-order chi connectivity index (χ1) is 5.11. The van der Waals surface area contributed by atoms with E-state index in [0.717, 1.165) is 18.2 Å². The Bertz CT molecular complexity index is 302. The zero-order chi connectivity index (χ0) is 8.43. The summed E-state index contributed by atoms with van der Waals surface area (Å²) >= 11 is 0. The van der Waals surface area contributed by atoms with E-state index in [1.165, 1.54) is 0 Å². The van der Waals surface area contributed by atoms with E-state index in [2.05, 4.69) is 0 Å². The number of non-ortho nitro benzene ring substituents is 1. The molecule has 0 spiro atoms. The third kappa shape index (κ3) is 2.26. The van der Waals surface area contributed by atoms with Gasteiger partial charge < -0.3 is 10.2 Å². The number of aromatic hydroxyl groups is 2. The van der Waals surface area contributed by atoms with Crippen molar-refractivity contribution in [2.24, 2.45) is 0 Å². The van der Waals surface area contributed by atoms with Crippen molar-refractivity contribution < 1.29 is 15.1 Å². The van der Waals surface area contributed by atoms with Crippen LogP contribution in [0.15, 0.2) is 18.2 Å². The van der Waals surface area contributed by atoms with Gasteiger partial charge in [0.15, 0.2) is 11.5 Å². The van der Waals surface area contributed by atoms with Crippen LogP contribution in [0, 0.1) is 10.1 Å². The molecule has 0 saturated carbocycles. The van der Waals surface area contributed by atoms with Crippen molar-refractivity contribution in [3.05, 3.63) is 28.3 Å². The third-order valence-electron chi connectivity index (χ3n) is 1.17. The minimum atomic E-state index is -0.654. The SMILES string of the molecule is O=[N+]([O-])c1ccc(O)c(O)c1.[Sn]. The third-order valence-corrected chi connectivity index (χ3v) is 1.17. The molecule has 0 atom stereocenters. The second-order valence-corrected chi connectivity index (χ2v) is 1.93. The van der Waals surface area contributed by atoms with Crippen LogP contribution in [0.2, 0.25) is 0 Å². The predicted octanol–water partition coefficient (Wildman–Crippen LogP) is 0.625. The molecule has 5 nitrogen and oxygen atoms in total. The van der Waals surface area contributed by atoms with Gasteiger partial charge >= 0.3 is 0 Å². The molecule has 0 bridgehead atoms. The van der Waals surface area contributed by atoms with Crippen LogP contribution in [0.25, 0.3) is 0 Å². The van der Waals surface area contributed by atoms with Gasteiger partial charge in [-0.3, -0.25) is 10.1 Å². The average Bonchev–Trinajstić information content (AvgIpc) is 1.94. The van der Waals surface area contributed by atoms with Gasteiger partial charge in [0.05, 0.1) is 11.0 Å². The van der Waals surface area contributed by atoms with E-state index in [1.807, 2.05) is 0 Å². The molecule has 2 N–H and O–H groups in total.